The van der Waals surface area contributed by atoms with Gasteiger partial charge in [0.1, 0.15) is 4.34 Å². The van der Waals surface area contributed by atoms with E-state index in [0.717, 1.165) is 41.5 Å². The van der Waals surface area contributed by atoms with Gasteiger partial charge in [-0.3, -0.25) is 4.99 Å². The summed E-state index contributed by atoms with van der Waals surface area (Å²) < 4.78 is 1.16. The number of thiazole rings is 1. The van der Waals surface area contributed by atoms with Gasteiger partial charge < -0.3 is 10.6 Å². The first-order chi connectivity index (χ1) is 8.88. The lowest BCUT2D eigenvalue weighted by atomic mass is 10.4. The van der Waals surface area contributed by atoms with Crippen LogP contribution in [0.4, 0.5) is 0 Å². The molecule has 1 saturated carbocycles. The molecule has 18 heavy (non-hydrogen) atoms. The second-order valence-electron chi connectivity index (χ2n) is 4.32. The largest absolute Gasteiger partial charge is 0.356 e. The van der Waals surface area contributed by atoms with Crippen LogP contribution in [-0.4, -0.2) is 36.8 Å². The highest BCUT2D eigenvalue weighted by Gasteiger charge is 2.20. The minimum absolute atomic E-state index is 0.879. The van der Waals surface area contributed by atoms with E-state index >= 15 is 0 Å². The van der Waals surface area contributed by atoms with Crippen molar-refractivity contribution in [1.82, 2.24) is 15.6 Å². The van der Waals surface area contributed by atoms with Crippen molar-refractivity contribution in [3.8, 4) is 0 Å². The molecule has 1 aliphatic rings. The maximum atomic E-state index is 4.25. The van der Waals surface area contributed by atoms with Gasteiger partial charge >= 0.3 is 0 Å². The van der Waals surface area contributed by atoms with Crippen LogP contribution in [0.15, 0.2) is 20.9 Å². The van der Waals surface area contributed by atoms with E-state index in [0.29, 0.717) is 0 Å². The third-order valence-corrected chi connectivity index (χ3v) is 4.78. The normalized spacial score (nSPS) is 15.7. The van der Waals surface area contributed by atoms with Crippen LogP contribution < -0.4 is 10.6 Å². The SMILES string of the molecule is CN=C(NCCCSc1nccs1)NCC1CC1. The molecule has 1 aromatic heterocycles. The van der Waals surface area contributed by atoms with Crippen LogP contribution in [0.5, 0.6) is 0 Å². The van der Waals surface area contributed by atoms with Gasteiger partial charge in [-0.25, -0.2) is 4.98 Å². The van der Waals surface area contributed by atoms with Gasteiger partial charge in [-0.1, -0.05) is 11.8 Å². The van der Waals surface area contributed by atoms with Crippen molar-refractivity contribution in [3.63, 3.8) is 0 Å². The van der Waals surface area contributed by atoms with Gasteiger partial charge in [0.15, 0.2) is 5.96 Å². The fourth-order valence-electron chi connectivity index (χ4n) is 1.50. The average molecular weight is 284 g/mol. The van der Waals surface area contributed by atoms with Crippen molar-refractivity contribution < 1.29 is 0 Å². The lowest BCUT2D eigenvalue weighted by molar-refractivity contribution is 0.731. The summed E-state index contributed by atoms with van der Waals surface area (Å²) >= 11 is 3.53. The Hall–Kier alpha value is -0.750. The number of aromatic nitrogens is 1. The molecule has 1 aromatic rings. The first-order valence-electron chi connectivity index (χ1n) is 6.35. The zero-order chi connectivity index (χ0) is 12.6. The molecule has 6 heteroatoms. The van der Waals surface area contributed by atoms with E-state index in [2.05, 4.69) is 20.6 Å². The highest BCUT2D eigenvalue weighted by atomic mass is 32.2. The summed E-state index contributed by atoms with van der Waals surface area (Å²) in [5, 5.41) is 8.72. The molecule has 0 atom stereocenters. The average Bonchev–Trinajstić information content (AvgIpc) is 3.07. The fourth-order valence-corrected chi connectivity index (χ4v) is 3.15. The Morgan fingerprint density at radius 2 is 2.44 bits per heavy atom. The molecule has 4 nitrogen and oxygen atoms in total. The zero-order valence-electron chi connectivity index (χ0n) is 10.7. The maximum absolute atomic E-state index is 4.25. The van der Waals surface area contributed by atoms with Crippen LogP contribution in [0.2, 0.25) is 0 Å². The summed E-state index contributed by atoms with van der Waals surface area (Å²) in [6.07, 6.45) is 5.71. The van der Waals surface area contributed by atoms with Crippen LogP contribution in [0.1, 0.15) is 19.3 Å². The predicted molar refractivity (Wildman–Crippen MR) is 79.5 cm³/mol. The van der Waals surface area contributed by atoms with Crippen LogP contribution >= 0.6 is 23.1 Å². The standard InChI is InChI=1S/C12H20N4S2/c1-13-11(16-9-10-3-4-10)14-5-2-7-17-12-15-6-8-18-12/h6,8,10H,2-5,7,9H2,1H3,(H2,13,14,16). The van der Waals surface area contributed by atoms with E-state index in [4.69, 9.17) is 0 Å². The second kappa shape index (κ2) is 7.63. The van der Waals surface area contributed by atoms with E-state index in [9.17, 15) is 0 Å². The Morgan fingerprint density at radius 3 is 3.11 bits per heavy atom. The Bertz CT molecular complexity index is 360. The first kappa shape index (κ1) is 13.7. The van der Waals surface area contributed by atoms with Crippen molar-refractivity contribution in [2.75, 3.05) is 25.9 Å². The Labute approximate surface area is 117 Å². The fraction of sp³-hybridized carbons (Fsp3) is 0.667. The molecule has 0 amide bonds. The number of hydrogen-bond acceptors (Lipinski definition) is 4. The van der Waals surface area contributed by atoms with Gasteiger partial charge in [-0.2, -0.15) is 0 Å². The topological polar surface area (TPSA) is 49.3 Å². The van der Waals surface area contributed by atoms with E-state index in [1.807, 2.05) is 30.4 Å². The molecular weight excluding hydrogens is 264 g/mol. The van der Waals surface area contributed by atoms with E-state index in [-0.39, 0.29) is 0 Å². The molecule has 0 saturated heterocycles. The van der Waals surface area contributed by atoms with E-state index in [1.54, 1.807) is 11.3 Å². The zero-order valence-corrected chi connectivity index (χ0v) is 12.3. The number of aliphatic imine (C=N–C) groups is 1. The van der Waals surface area contributed by atoms with Gasteiger partial charge in [0.25, 0.3) is 0 Å². The smallest absolute Gasteiger partial charge is 0.190 e. The molecule has 2 rings (SSSR count). The lowest BCUT2D eigenvalue weighted by Crippen LogP contribution is -2.38. The maximum Gasteiger partial charge on any atom is 0.190 e. The molecule has 0 aromatic carbocycles. The van der Waals surface area contributed by atoms with Crippen molar-refractivity contribution in [2.45, 2.75) is 23.6 Å². The molecule has 1 fully saturated rings. The number of rotatable bonds is 7. The minimum Gasteiger partial charge on any atom is -0.356 e. The van der Waals surface area contributed by atoms with Crippen LogP contribution in [0, 0.1) is 5.92 Å². The van der Waals surface area contributed by atoms with E-state index < -0.39 is 0 Å². The number of nitrogens with one attached hydrogen (secondary N) is 2. The van der Waals surface area contributed by atoms with Gasteiger partial charge in [0, 0.05) is 37.5 Å². The predicted octanol–water partition coefficient (Wildman–Crippen LogP) is 2.20. The Kier molecular flexibility index (Phi) is 5.80. The summed E-state index contributed by atoms with van der Waals surface area (Å²) in [5.74, 6) is 2.91. The van der Waals surface area contributed by atoms with Crippen molar-refractivity contribution >= 4 is 29.1 Å². The van der Waals surface area contributed by atoms with Gasteiger partial charge in [-0.15, -0.1) is 11.3 Å². The monoisotopic (exact) mass is 284 g/mol. The second-order valence-corrected chi connectivity index (χ2v) is 6.56. The Balaban J connectivity index is 1.50. The number of guanidine groups is 1. The summed E-state index contributed by atoms with van der Waals surface area (Å²) in [5.41, 5.74) is 0. The molecule has 0 aliphatic heterocycles. The number of nitrogens with zero attached hydrogens (tertiary/aromatic N) is 2. The Morgan fingerprint density at radius 1 is 1.56 bits per heavy atom. The number of thioether (sulfide) groups is 1. The molecule has 0 unspecified atom stereocenters. The number of hydrogen-bond donors (Lipinski definition) is 2. The molecule has 0 spiro atoms. The molecule has 2 N–H and O–H groups in total. The third kappa shape index (κ3) is 5.27. The molecule has 0 radical (unpaired) electrons. The minimum atomic E-state index is 0.879. The van der Waals surface area contributed by atoms with E-state index in [1.165, 1.54) is 12.8 Å². The van der Waals surface area contributed by atoms with Crippen molar-refractivity contribution in [3.05, 3.63) is 11.6 Å². The summed E-state index contributed by atoms with van der Waals surface area (Å²) in [7, 11) is 1.83. The molecular formula is C12H20N4S2. The first-order valence-corrected chi connectivity index (χ1v) is 8.22. The van der Waals surface area contributed by atoms with Crippen LogP contribution in [0.25, 0.3) is 0 Å². The summed E-state index contributed by atoms with van der Waals surface area (Å²) in [6.45, 7) is 2.02. The van der Waals surface area contributed by atoms with Crippen molar-refractivity contribution in [1.29, 1.82) is 0 Å². The van der Waals surface area contributed by atoms with Crippen LogP contribution in [0.3, 0.4) is 0 Å². The lowest BCUT2D eigenvalue weighted by Gasteiger charge is -2.10. The highest BCUT2D eigenvalue weighted by Crippen LogP contribution is 2.27. The quantitative estimate of drug-likeness (QED) is 0.349. The van der Waals surface area contributed by atoms with Crippen LogP contribution in [-0.2, 0) is 0 Å². The molecule has 1 aliphatic carbocycles. The molecule has 100 valence electrons. The third-order valence-electron chi connectivity index (χ3n) is 2.73. The molecule has 1 heterocycles. The highest BCUT2D eigenvalue weighted by molar-refractivity contribution is 8.00. The molecule has 0 bridgehead atoms. The van der Waals surface area contributed by atoms with Gasteiger partial charge in [-0.05, 0) is 25.2 Å². The summed E-state index contributed by atoms with van der Waals surface area (Å²) in [4.78, 5) is 8.46. The van der Waals surface area contributed by atoms with Crippen molar-refractivity contribution in [2.24, 2.45) is 10.9 Å². The van der Waals surface area contributed by atoms with Gasteiger partial charge in [0.05, 0.1) is 0 Å². The summed E-state index contributed by atoms with van der Waals surface area (Å²) in [6, 6.07) is 0. The van der Waals surface area contributed by atoms with Gasteiger partial charge in [0.2, 0.25) is 0 Å².